The van der Waals surface area contributed by atoms with Crippen molar-refractivity contribution in [2.24, 2.45) is 0 Å². The molecule has 0 aliphatic carbocycles. The Bertz CT molecular complexity index is 670. The molecule has 1 amide bonds. The predicted octanol–water partition coefficient (Wildman–Crippen LogP) is 1.74. The summed E-state index contributed by atoms with van der Waals surface area (Å²) in [5.74, 6) is 0.162. The number of fused-ring (bicyclic) bond motifs is 1. The van der Waals surface area contributed by atoms with Crippen molar-refractivity contribution in [3.63, 3.8) is 0 Å². The molecular formula is C17H24N4O. The Morgan fingerprint density at radius 2 is 2.14 bits per heavy atom. The van der Waals surface area contributed by atoms with Gasteiger partial charge >= 0.3 is 0 Å². The summed E-state index contributed by atoms with van der Waals surface area (Å²) in [6.07, 6.45) is 6.44. The molecule has 5 heteroatoms. The number of pyridine rings is 1. The fourth-order valence-electron chi connectivity index (χ4n) is 3.09. The van der Waals surface area contributed by atoms with E-state index in [2.05, 4.69) is 16.9 Å². The van der Waals surface area contributed by atoms with E-state index in [1.165, 1.54) is 5.56 Å². The Morgan fingerprint density at radius 3 is 2.86 bits per heavy atom. The van der Waals surface area contributed by atoms with Gasteiger partial charge < -0.3 is 14.2 Å². The highest BCUT2D eigenvalue weighted by Crippen LogP contribution is 2.16. The van der Waals surface area contributed by atoms with Crippen molar-refractivity contribution >= 4 is 11.6 Å². The Hall–Kier alpha value is -1.88. The molecule has 0 aromatic carbocycles. The molecule has 3 rings (SSSR count). The van der Waals surface area contributed by atoms with Crippen LogP contribution in [0.2, 0.25) is 0 Å². The monoisotopic (exact) mass is 300 g/mol. The van der Waals surface area contributed by atoms with Gasteiger partial charge in [0, 0.05) is 25.5 Å². The number of nitrogens with zero attached hydrogens (tertiary/aromatic N) is 4. The number of likely N-dealkylation sites (N-methyl/N-ethyl adjacent to an activating group) is 1. The Balaban J connectivity index is 1.67. The van der Waals surface area contributed by atoms with Crippen LogP contribution in [-0.4, -0.2) is 58.3 Å². The van der Waals surface area contributed by atoms with E-state index in [4.69, 9.17) is 0 Å². The molecule has 1 aliphatic rings. The summed E-state index contributed by atoms with van der Waals surface area (Å²) in [7, 11) is 4.06. The zero-order valence-electron chi connectivity index (χ0n) is 13.6. The zero-order valence-corrected chi connectivity index (χ0v) is 13.6. The van der Waals surface area contributed by atoms with Crippen LogP contribution in [0.15, 0.2) is 24.5 Å². The van der Waals surface area contributed by atoms with E-state index >= 15 is 0 Å². The molecule has 1 fully saturated rings. The minimum atomic E-state index is 0.162. The molecular weight excluding hydrogens is 276 g/mol. The maximum Gasteiger partial charge on any atom is 0.228 e. The van der Waals surface area contributed by atoms with E-state index in [-0.39, 0.29) is 5.91 Å². The first kappa shape index (κ1) is 15.0. The molecule has 3 heterocycles. The highest BCUT2D eigenvalue weighted by molar-refractivity contribution is 5.78. The second kappa shape index (κ2) is 6.08. The molecule has 0 unspecified atom stereocenters. The summed E-state index contributed by atoms with van der Waals surface area (Å²) in [4.78, 5) is 21.3. The van der Waals surface area contributed by atoms with Crippen molar-refractivity contribution < 1.29 is 4.79 Å². The molecule has 118 valence electrons. The maximum absolute atomic E-state index is 12.5. The van der Waals surface area contributed by atoms with E-state index < -0.39 is 0 Å². The first-order valence-electron chi connectivity index (χ1n) is 7.91. The van der Waals surface area contributed by atoms with E-state index in [0.717, 1.165) is 37.3 Å². The number of likely N-dealkylation sites (tertiary alicyclic amines) is 1. The number of carbonyl (C=O) groups is 1. The minimum Gasteiger partial charge on any atom is -0.342 e. The highest BCUT2D eigenvalue weighted by Gasteiger charge is 2.24. The summed E-state index contributed by atoms with van der Waals surface area (Å²) < 4.78 is 1.98. The van der Waals surface area contributed by atoms with Crippen LogP contribution in [0.4, 0.5) is 0 Å². The number of hydrogen-bond acceptors (Lipinski definition) is 3. The van der Waals surface area contributed by atoms with Crippen LogP contribution in [0.25, 0.3) is 5.65 Å². The number of rotatable bonds is 3. The summed E-state index contributed by atoms with van der Waals surface area (Å²) >= 11 is 0. The summed E-state index contributed by atoms with van der Waals surface area (Å²) in [6, 6.07) is 4.45. The molecule has 2 aromatic rings. The van der Waals surface area contributed by atoms with Crippen molar-refractivity contribution in [2.75, 3.05) is 27.2 Å². The number of amides is 1. The van der Waals surface area contributed by atoms with E-state index in [0.29, 0.717) is 12.5 Å². The van der Waals surface area contributed by atoms with Gasteiger partial charge in [-0.3, -0.25) is 4.79 Å². The first-order chi connectivity index (χ1) is 10.5. The van der Waals surface area contributed by atoms with Gasteiger partial charge in [-0.25, -0.2) is 4.98 Å². The predicted molar refractivity (Wildman–Crippen MR) is 86.9 cm³/mol. The molecule has 0 saturated carbocycles. The lowest BCUT2D eigenvalue weighted by atomic mass is 10.0. The fourth-order valence-corrected chi connectivity index (χ4v) is 3.09. The topological polar surface area (TPSA) is 40.9 Å². The number of piperidine rings is 1. The molecule has 0 N–H and O–H groups in total. The summed E-state index contributed by atoms with van der Waals surface area (Å²) in [5.41, 5.74) is 2.93. The fraction of sp³-hybridized carbons (Fsp3) is 0.529. The molecule has 0 atom stereocenters. The maximum atomic E-state index is 12.5. The second-order valence-corrected chi connectivity index (χ2v) is 6.42. The molecule has 0 spiro atoms. The molecule has 2 aromatic heterocycles. The van der Waals surface area contributed by atoms with Crippen molar-refractivity contribution in [3.8, 4) is 0 Å². The van der Waals surface area contributed by atoms with E-state index in [1.54, 1.807) is 0 Å². The van der Waals surface area contributed by atoms with E-state index in [1.807, 2.05) is 47.8 Å². The lowest BCUT2D eigenvalue weighted by Gasteiger charge is -2.35. The molecule has 0 radical (unpaired) electrons. The number of hydrogen-bond donors (Lipinski definition) is 0. The van der Waals surface area contributed by atoms with E-state index in [9.17, 15) is 4.79 Å². The Kier molecular flexibility index (Phi) is 4.16. The Morgan fingerprint density at radius 1 is 1.41 bits per heavy atom. The van der Waals surface area contributed by atoms with Gasteiger partial charge in [0.05, 0.1) is 12.1 Å². The normalized spacial score (nSPS) is 17.0. The quantitative estimate of drug-likeness (QED) is 0.867. The molecule has 5 nitrogen and oxygen atoms in total. The molecule has 1 saturated heterocycles. The Labute approximate surface area is 131 Å². The third-order valence-electron chi connectivity index (χ3n) is 4.63. The molecule has 22 heavy (non-hydrogen) atoms. The van der Waals surface area contributed by atoms with Gasteiger partial charge in [0.15, 0.2) is 0 Å². The average molecular weight is 300 g/mol. The number of aryl methyl sites for hydroxylation is 1. The van der Waals surface area contributed by atoms with Crippen LogP contribution in [0, 0.1) is 6.92 Å². The first-order valence-corrected chi connectivity index (χ1v) is 7.91. The number of carbonyl (C=O) groups excluding carboxylic acids is 1. The third-order valence-corrected chi connectivity index (χ3v) is 4.63. The molecule has 0 bridgehead atoms. The van der Waals surface area contributed by atoms with Crippen molar-refractivity contribution in [1.82, 2.24) is 19.2 Å². The number of aromatic nitrogens is 2. The van der Waals surface area contributed by atoms with Crippen LogP contribution in [0.5, 0.6) is 0 Å². The van der Waals surface area contributed by atoms with Gasteiger partial charge in [0.1, 0.15) is 5.65 Å². The third kappa shape index (κ3) is 3.14. The van der Waals surface area contributed by atoms with Gasteiger partial charge in [-0.1, -0.05) is 0 Å². The van der Waals surface area contributed by atoms with Gasteiger partial charge in [0.25, 0.3) is 0 Å². The lowest BCUT2D eigenvalue weighted by molar-refractivity contribution is -0.132. The van der Waals surface area contributed by atoms with Crippen molar-refractivity contribution in [2.45, 2.75) is 32.2 Å². The summed E-state index contributed by atoms with van der Waals surface area (Å²) in [5, 5.41) is 0. The van der Waals surface area contributed by atoms with Crippen LogP contribution in [0.3, 0.4) is 0 Å². The molecule has 1 aliphatic heterocycles. The lowest BCUT2D eigenvalue weighted by Crippen LogP contribution is -2.45. The van der Waals surface area contributed by atoms with Gasteiger partial charge in [-0.2, -0.15) is 0 Å². The smallest absolute Gasteiger partial charge is 0.228 e. The van der Waals surface area contributed by atoms with Crippen LogP contribution in [0.1, 0.15) is 24.1 Å². The summed E-state index contributed by atoms with van der Waals surface area (Å²) in [6.45, 7) is 4.18. The van der Waals surface area contributed by atoms with Gasteiger partial charge in [-0.05, 0) is 57.6 Å². The van der Waals surface area contributed by atoms with Crippen LogP contribution in [-0.2, 0) is 11.2 Å². The van der Waals surface area contributed by atoms with Crippen molar-refractivity contribution in [3.05, 3.63) is 35.8 Å². The van der Waals surface area contributed by atoms with Crippen molar-refractivity contribution in [1.29, 1.82) is 0 Å². The van der Waals surface area contributed by atoms with Crippen LogP contribution >= 0.6 is 0 Å². The van der Waals surface area contributed by atoms with Gasteiger partial charge in [-0.15, -0.1) is 0 Å². The standard InChI is InChI=1S/C17H24N4O/c1-13-4-9-21-12-14(18-16(21)10-13)11-17(22)20(3)15-5-7-19(2)8-6-15/h4,9-10,12,15H,5-8,11H2,1-3H3. The average Bonchev–Trinajstić information content (AvgIpc) is 2.88. The second-order valence-electron chi connectivity index (χ2n) is 6.42. The SMILES string of the molecule is Cc1ccn2cc(CC(=O)N(C)C3CCN(C)CC3)nc2c1. The zero-order chi connectivity index (χ0) is 15.7. The minimum absolute atomic E-state index is 0.162. The van der Waals surface area contributed by atoms with Crippen LogP contribution < -0.4 is 0 Å². The largest absolute Gasteiger partial charge is 0.342 e. The van der Waals surface area contributed by atoms with Gasteiger partial charge in [0.2, 0.25) is 5.91 Å². The number of imidazole rings is 1. The highest BCUT2D eigenvalue weighted by atomic mass is 16.2.